The molecule has 0 aliphatic heterocycles. The Labute approximate surface area is 93.0 Å². The van der Waals surface area contributed by atoms with E-state index in [1.807, 2.05) is 0 Å². The maximum absolute atomic E-state index is 11.9. The summed E-state index contributed by atoms with van der Waals surface area (Å²) in [5.74, 6) is 1.28. The van der Waals surface area contributed by atoms with E-state index in [1.54, 1.807) is 0 Å². The largest absolute Gasteiger partial charge is 0.290 e. The highest BCUT2D eigenvalue weighted by atomic mass is 16.1. The third-order valence-electron chi connectivity index (χ3n) is 4.23. The molecule has 4 atom stereocenters. The Morgan fingerprint density at radius 1 is 0.688 bits per heavy atom. The summed E-state index contributed by atoms with van der Waals surface area (Å²) in [6.45, 7) is 0. The van der Waals surface area contributed by atoms with Crippen molar-refractivity contribution in [3.63, 3.8) is 0 Å². The van der Waals surface area contributed by atoms with Gasteiger partial charge in [0.15, 0.2) is 11.6 Å². The van der Waals surface area contributed by atoms with E-state index in [9.17, 15) is 9.59 Å². The molecule has 0 saturated carbocycles. The molecule has 0 aromatic heterocycles. The van der Waals surface area contributed by atoms with Crippen LogP contribution in [0, 0.1) is 23.7 Å². The number of carbonyl (C=O) groups is 2. The van der Waals surface area contributed by atoms with Crippen LogP contribution >= 0.6 is 0 Å². The van der Waals surface area contributed by atoms with Gasteiger partial charge in [-0.15, -0.1) is 0 Å². The van der Waals surface area contributed by atoms with Gasteiger partial charge in [0.05, 0.1) is 0 Å². The van der Waals surface area contributed by atoms with E-state index < -0.39 is 0 Å². The molecule has 0 aromatic rings. The van der Waals surface area contributed by atoms with Gasteiger partial charge in [0.1, 0.15) is 0 Å². The average molecular weight is 210 g/mol. The van der Waals surface area contributed by atoms with Gasteiger partial charge in [-0.25, -0.2) is 0 Å². The van der Waals surface area contributed by atoms with Crippen molar-refractivity contribution in [2.24, 2.45) is 23.7 Å². The predicted octanol–water partition coefficient (Wildman–Crippen LogP) is 1.61. The minimum Gasteiger partial charge on any atom is -0.290 e. The molecule has 0 aromatic carbocycles. The molecule has 2 heteroatoms. The molecule has 16 heavy (non-hydrogen) atoms. The number of carbonyl (C=O) groups excluding carboxylic acids is 2. The predicted molar refractivity (Wildman–Crippen MR) is 58.4 cm³/mol. The molecule has 0 spiro atoms. The zero-order valence-electron chi connectivity index (χ0n) is 8.59. The molecule has 0 saturated heterocycles. The molecule has 0 N–H and O–H groups in total. The second-order valence-electron chi connectivity index (χ2n) is 4.87. The van der Waals surface area contributed by atoms with Crippen molar-refractivity contribution in [1.82, 2.24) is 0 Å². The lowest BCUT2D eigenvalue weighted by molar-refractivity contribution is -0.116. The van der Waals surface area contributed by atoms with Crippen molar-refractivity contribution in [3.8, 4) is 0 Å². The van der Waals surface area contributed by atoms with Gasteiger partial charge in [-0.3, -0.25) is 9.59 Å². The molecular formula is C14H10O2. The summed E-state index contributed by atoms with van der Waals surface area (Å²) in [4.78, 5) is 23.8. The highest BCUT2D eigenvalue weighted by Crippen LogP contribution is 2.54. The molecule has 0 heterocycles. The Hall–Kier alpha value is -1.70. The number of hydrogen-bond acceptors (Lipinski definition) is 2. The van der Waals surface area contributed by atoms with Crippen LogP contribution in [0.1, 0.15) is 0 Å². The summed E-state index contributed by atoms with van der Waals surface area (Å²) in [5.41, 5.74) is 1.54. The normalized spacial score (nSPS) is 42.2. The molecule has 2 bridgehead atoms. The molecule has 0 amide bonds. The summed E-state index contributed by atoms with van der Waals surface area (Å²) < 4.78 is 0. The monoisotopic (exact) mass is 210 g/mol. The second kappa shape index (κ2) is 2.51. The van der Waals surface area contributed by atoms with Crippen molar-refractivity contribution in [2.75, 3.05) is 0 Å². The van der Waals surface area contributed by atoms with Gasteiger partial charge in [-0.2, -0.15) is 0 Å². The first kappa shape index (κ1) is 8.45. The molecule has 2 nitrogen and oxygen atoms in total. The summed E-state index contributed by atoms with van der Waals surface area (Å²) >= 11 is 0. The van der Waals surface area contributed by atoms with Gasteiger partial charge >= 0.3 is 0 Å². The first-order chi connectivity index (χ1) is 7.77. The van der Waals surface area contributed by atoms with E-state index >= 15 is 0 Å². The third-order valence-corrected chi connectivity index (χ3v) is 4.23. The van der Waals surface area contributed by atoms with Crippen LogP contribution in [0.5, 0.6) is 0 Å². The van der Waals surface area contributed by atoms with Crippen molar-refractivity contribution >= 4 is 11.6 Å². The van der Waals surface area contributed by atoms with Crippen LogP contribution in [0.25, 0.3) is 0 Å². The Morgan fingerprint density at radius 3 is 1.50 bits per heavy atom. The molecule has 5 rings (SSSR count). The smallest absolute Gasteiger partial charge is 0.183 e. The number of rotatable bonds is 0. The molecule has 5 aliphatic rings. The minimum absolute atomic E-state index is 0.0349. The fraction of sp³-hybridized carbons (Fsp3) is 0.286. The summed E-state index contributed by atoms with van der Waals surface area (Å²) in [7, 11) is 0. The lowest BCUT2D eigenvalue weighted by Crippen LogP contribution is -2.45. The van der Waals surface area contributed by atoms with Gasteiger partial charge in [-0.05, 0) is 24.0 Å². The summed E-state index contributed by atoms with van der Waals surface area (Å²) in [5, 5.41) is 0. The molecule has 78 valence electrons. The molecule has 0 radical (unpaired) electrons. The highest BCUT2D eigenvalue weighted by Gasteiger charge is 2.50. The Balaban J connectivity index is 1.95. The topological polar surface area (TPSA) is 34.1 Å². The van der Waals surface area contributed by atoms with Gasteiger partial charge in [0.2, 0.25) is 0 Å². The average Bonchev–Trinajstić information content (AvgIpc) is 2.23. The van der Waals surface area contributed by atoms with Gasteiger partial charge < -0.3 is 0 Å². The van der Waals surface area contributed by atoms with Crippen LogP contribution in [-0.2, 0) is 9.59 Å². The lowest BCUT2D eigenvalue weighted by Gasteiger charge is -2.49. The van der Waals surface area contributed by atoms with Crippen molar-refractivity contribution in [2.45, 2.75) is 0 Å². The molecular weight excluding hydrogens is 200 g/mol. The number of ketones is 2. The summed E-state index contributed by atoms with van der Waals surface area (Å²) in [6, 6.07) is 0. The highest BCUT2D eigenvalue weighted by molar-refractivity contribution is 6.21. The van der Waals surface area contributed by atoms with Crippen molar-refractivity contribution in [1.29, 1.82) is 0 Å². The van der Waals surface area contributed by atoms with E-state index in [-0.39, 0.29) is 23.4 Å². The maximum atomic E-state index is 11.9. The minimum atomic E-state index is 0.0349. The maximum Gasteiger partial charge on any atom is 0.183 e. The van der Waals surface area contributed by atoms with Crippen LogP contribution in [0.4, 0.5) is 0 Å². The van der Waals surface area contributed by atoms with Gasteiger partial charge in [-0.1, -0.05) is 24.3 Å². The first-order valence-corrected chi connectivity index (χ1v) is 5.65. The van der Waals surface area contributed by atoms with Crippen LogP contribution in [0.15, 0.2) is 47.6 Å². The van der Waals surface area contributed by atoms with Gasteiger partial charge in [0, 0.05) is 23.0 Å². The second-order valence-corrected chi connectivity index (χ2v) is 4.87. The third kappa shape index (κ3) is 0.765. The van der Waals surface area contributed by atoms with Gasteiger partial charge in [0.25, 0.3) is 0 Å². The summed E-state index contributed by atoms with van der Waals surface area (Å²) in [6.07, 6.45) is 11.4. The Morgan fingerprint density at radius 2 is 1.12 bits per heavy atom. The van der Waals surface area contributed by atoms with Crippen LogP contribution in [0.2, 0.25) is 0 Å². The van der Waals surface area contributed by atoms with Crippen molar-refractivity contribution < 1.29 is 9.59 Å². The Bertz CT molecular complexity index is 499. The fourth-order valence-electron chi connectivity index (χ4n) is 3.44. The van der Waals surface area contributed by atoms with E-state index in [1.165, 1.54) is 12.2 Å². The fourth-order valence-corrected chi connectivity index (χ4v) is 3.44. The van der Waals surface area contributed by atoms with Crippen molar-refractivity contribution in [3.05, 3.63) is 47.6 Å². The first-order valence-electron chi connectivity index (χ1n) is 5.65. The van der Waals surface area contributed by atoms with E-state index in [2.05, 4.69) is 24.3 Å². The van der Waals surface area contributed by atoms with E-state index in [0.29, 0.717) is 11.8 Å². The zero-order valence-corrected chi connectivity index (χ0v) is 8.59. The quantitative estimate of drug-likeness (QED) is 0.449. The van der Waals surface area contributed by atoms with E-state index in [4.69, 9.17) is 0 Å². The standard InChI is InChI=1S/C14H10O2/c15-11-5-6-12(16)14-10-4-3-9(13(11)14)7-1-2-8(7)10/h1-10H. The number of allylic oxidation sites excluding steroid dienone is 8. The van der Waals surface area contributed by atoms with Crippen LogP contribution in [-0.4, -0.2) is 11.6 Å². The zero-order chi connectivity index (χ0) is 10.9. The lowest BCUT2D eigenvalue weighted by atomic mass is 9.54. The van der Waals surface area contributed by atoms with Crippen LogP contribution < -0.4 is 0 Å². The SMILES string of the molecule is O=C1C=CC(=O)C2=C1C1C=CC2C2C=CC12. The molecule has 5 aliphatic carbocycles. The van der Waals surface area contributed by atoms with E-state index in [0.717, 1.165) is 11.1 Å². The number of hydrogen-bond donors (Lipinski definition) is 0. The Kier molecular flexibility index (Phi) is 1.33. The van der Waals surface area contributed by atoms with Crippen LogP contribution in [0.3, 0.4) is 0 Å². The molecule has 4 unspecified atom stereocenters. The molecule has 0 fully saturated rings.